The molecule has 0 spiro atoms. The van der Waals surface area contributed by atoms with E-state index < -0.39 is 0 Å². The predicted molar refractivity (Wildman–Crippen MR) is 70.6 cm³/mol. The van der Waals surface area contributed by atoms with Gasteiger partial charge in [0.2, 0.25) is 0 Å². The van der Waals surface area contributed by atoms with Crippen molar-refractivity contribution < 1.29 is 4.74 Å². The number of ether oxygens (including phenoxy) is 1. The van der Waals surface area contributed by atoms with Crippen LogP contribution < -0.4 is 10.5 Å². The summed E-state index contributed by atoms with van der Waals surface area (Å²) in [4.78, 5) is 0. The van der Waals surface area contributed by atoms with Gasteiger partial charge in [-0.1, -0.05) is 41.9 Å². The van der Waals surface area contributed by atoms with E-state index in [0.717, 1.165) is 11.3 Å². The number of para-hydroxylation sites is 2. The van der Waals surface area contributed by atoms with Gasteiger partial charge in [0.25, 0.3) is 0 Å². The van der Waals surface area contributed by atoms with Crippen LogP contribution in [0.4, 0.5) is 0 Å². The molecule has 0 aliphatic heterocycles. The molecule has 2 aromatic carbocycles. The molecule has 2 N–H and O–H groups in total. The van der Waals surface area contributed by atoms with Crippen molar-refractivity contribution in [3.8, 4) is 11.5 Å². The Morgan fingerprint density at radius 2 is 1.59 bits per heavy atom. The van der Waals surface area contributed by atoms with Crippen LogP contribution in [0.1, 0.15) is 18.5 Å². The molecule has 1 unspecified atom stereocenters. The van der Waals surface area contributed by atoms with Gasteiger partial charge in [-0.3, -0.25) is 0 Å². The maximum atomic E-state index is 6.05. The third-order valence-corrected chi connectivity index (χ3v) is 2.78. The second-order valence-electron chi connectivity index (χ2n) is 3.86. The van der Waals surface area contributed by atoms with E-state index in [1.54, 1.807) is 6.07 Å². The summed E-state index contributed by atoms with van der Waals surface area (Å²) in [6, 6.07) is 15.0. The molecule has 0 aliphatic rings. The average Bonchev–Trinajstić information content (AvgIpc) is 2.32. The highest BCUT2D eigenvalue weighted by Gasteiger charge is 2.09. The van der Waals surface area contributed by atoms with E-state index in [-0.39, 0.29) is 6.04 Å². The third kappa shape index (κ3) is 2.78. The first kappa shape index (κ1) is 12.0. The smallest absolute Gasteiger partial charge is 0.146 e. The van der Waals surface area contributed by atoms with Gasteiger partial charge in [0.05, 0.1) is 5.02 Å². The van der Waals surface area contributed by atoms with Crippen LogP contribution in [0.5, 0.6) is 11.5 Å². The fourth-order valence-corrected chi connectivity index (χ4v) is 1.77. The van der Waals surface area contributed by atoms with E-state index in [2.05, 4.69) is 0 Å². The Bertz CT molecular complexity index is 511. The van der Waals surface area contributed by atoms with Gasteiger partial charge < -0.3 is 10.5 Å². The molecular formula is C14H14ClNO. The average molecular weight is 248 g/mol. The fourth-order valence-electron chi connectivity index (χ4n) is 1.60. The molecule has 0 fully saturated rings. The molecular weight excluding hydrogens is 234 g/mol. The van der Waals surface area contributed by atoms with Crippen LogP contribution >= 0.6 is 11.6 Å². The van der Waals surface area contributed by atoms with Gasteiger partial charge in [0.15, 0.2) is 0 Å². The highest BCUT2D eigenvalue weighted by molar-refractivity contribution is 6.32. The second-order valence-corrected chi connectivity index (χ2v) is 4.27. The number of rotatable bonds is 3. The zero-order valence-corrected chi connectivity index (χ0v) is 10.3. The third-order valence-electron chi connectivity index (χ3n) is 2.47. The Kier molecular flexibility index (Phi) is 3.67. The van der Waals surface area contributed by atoms with Gasteiger partial charge in [-0.2, -0.15) is 0 Å². The zero-order valence-electron chi connectivity index (χ0n) is 9.56. The standard InChI is InChI=1S/C14H14ClNO/c1-10(16)11-6-2-4-8-13(11)17-14-9-5-3-7-12(14)15/h2-10H,16H2,1H3. The van der Waals surface area contributed by atoms with Crippen molar-refractivity contribution in [2.75, 3.05) is 0 Å². The highest BCUT2D eigenvalue weighted by Crippen LogP contribution is 2.32. The monoisotopic (exact) mass is 247 g/mol. The minimum absolute atomic E-state index is 0.0753. The Hall–Kier alpha value is -1.51. The maximum Gasteiger partial charge on any atom is 0.146 e. The van der Waals surface area contributed by atoms with E-state index in [9.17, 15) is 0 Å². The summed E-state index contributed by atoms with van der Waals surface area (Å²) in [5.74, 6) is 1.39. The molecule has 2 aromatic rings. The molecule has 17 heavy (non-hydrogen) atoms. The minimum atomic E-state index is -0.0753. The lowest BCUT2D eigenvalue weighted by Gasteiger charge is -2.14. The SMILES string of the molecule is CC(N)c1ccccc1Oc1ccccc1Cl. The summed E-state index contributed by atoms with van der Waals surface area (Å²) in [5.41, 5.74) is 6.86. The first-order valence-corrected chi connectivity index (χ1v) is 5.83. The van der Waals surface area contributed by atoms with Gasteiger partial charge >= 0.3 is 0 Å². The fraction of sp³-hybridized carbons (Fsp3) is 0.143. The number of nitrogens with two attached hydrogens (primary N) is 1. The largest absolute Gasteiger partial charge is 0.455 e. The van der Waals surface area contributed by atoms with Gasteiger partial charge in [-0.05, 0) is 25.1 Å². The molecule has 2 rings (SSSR count). The van der Waals surface area contributed by atoms with E-state index in [1.807, 2.05) is 49.4 Å². The number of halogens is 1. The Morgan fingerprint density at radius 3 is 2.24 bits per heavy atom. The molecule has 1 atom stereocenters. The quantitative estimate of drug-likeness (QED) is 0.884. The van der Waals surface area contributed by atoms with E-state index in [1.165, 1.54) is 0 Å². The van der Waals surface area contributed by atoms with Crippen molar-refractivity contribution in [2.24, 2.45) is 5.73 Å². The number of benzene rings is 2. The lowest BCUT2D eigenvalue weighted by Crippen LogP contribution is -2.06. The lowest BCUT2D eigenvalue weighted by atomic mass is 10.1. The van der Waals surface area contributed by atoms with Crippen molar-refractivity contribution in [1.82, 2.24) is 0 Å². The Balaban J connectivity index is 2.34. The Labute approximate surface area is 106 Å². The molecule has 3 heteroatoms. The van der Waals surface area contributed by atoms with Crippen molar-refractivity contribution >= 4 is 11.6 Å². The maximum absolute atomic E-state index is 6.05. The summed E-state index contributed by atoms with van der Waals surface area (Å²) in [7, 11) is 0. The molecule has 0 saturated carbocycles. The summed E-state index contributed by atoms with van der Waals surface area (Å²) >= 11 is 6.05. The summed E-state index contributed by atoms with van der Waals surface area (Å²) in [6.07, 6.45) is 0. The normalized spacial score (nSPS) is 12.2. The second kappa shape index (κ2) is 5.21. The van der Waals surface area contributed by atoms with E-state index in [0.29, 0.717) is 10.8 Å². The van der Waals surface area contributed by atoms with Crippen molar-refractivity contribution in [3.05, 3.63) is 59.1 Å². The lowest BCUT2D eigenvalue weighted by molar-refractivity contribution is 0.472. The van der Waals surface area contributed by atoms with Crippen LogP contribution in [0.15, 0.2) is 48.5 Å². The topological polar surface area (TPSA) is 35.2 Å². The van der Waals surface area contributed by atoms with Gasteiger partial charge in [-0.25, -0.2) is 0 Å². The van der Waals surface area contributed by atoms with Gasteiger partial charge in [-0.15, -0.1) is 0 Å². The zero-order chi connectivity index (χ0) is 12.3. The minimum Gasteiger partial charge on any atom is -0.455 e. The van der Waals surface area contributed by atoms with Gasteiger partial charge in [0.1, 0.15) is 11.5 Å². The Morgan fingerprint density at radius 1 is 1.00 bits per heavy atom. The molecule has 0 saturated heterocycles. The first-order valence-electron chi connectivity index (χ1n) is 5.45. The van der Waals surface area contributed by atoms with Crippen molar-refractivity contribution in [2.45, 2.75) is 13.0 Å². The van der Waals surface area contributed by atoms with Crippen LogP contribution in [-0.4, -0.2) is 0 Å². The number of hydrogen-bond donors (Lipinski definition) is 1. The molecule has 0 radical (unpaired) electrons. The van der Waals surface area contributed by atoms with Gasteiger partial charge in [0, 0.05) is 11.6 Å². The highest BCUT2D eigenvalue weighted by atomic mass is 35.5. The summed E-state index contributed by atoms with van der Waals surface area (Å²) in [6.45, 7) is 1.93. The number of hydrogen-bond acceptors (Lipinski definition) is 2. The van der Waals surface area contributed by atoms with Crippen LogP contribution in [0.3, 0.4) is 0 Å². The molecule has 0 aliphatic carbocycles. The van der Waals surface area contributed by atoms with E-state index in [4.69, 9.17) is 22.1 Å². The van der Waals surface area contributed by atoms with Crippen LogP contribution in [0.2, 0.25) is 5.02 Å². The molecule has 0 heterocycles. The van der Waals surface area contributed by atoms with Crippen molar-refractivity contribution in [1.29, 1.82) is 0 Å². The predicted octanol–water partition coefficient (Wildman–Crippen LogP) is 4.15. The molecule has 2 nitrogen and oxygen atoms in total. The molecule has 0 aromatic heterocycles. The molecule has 88 valence electrons. The van der Waals surface area contributed by atoms with E-state index >= 15 is 0 Å². The summed E-state index contributed by atoms with van der Waals surface area (Å²) < 4.78 is 5.79. The summed E-state index contributed by atoms with van der Waals surface area (Å²) in [5, 5.41) is 0.590. The molecule has 0 bridgehead atoms. The first-order chi connectivity index (χ1) is 8.18. The van der Waals surface area contributed by atoms with Crippen LogP contribution in [-0.2, 0) is 0 Å². The van der Waals surface area contributed by atoms with Crippen LogP contribution in [0.25, 0.3) is 0 Å². The molecule has 0 amide bonds. The van der Waals surface area contributed by atoms with Crippen molar-refractivity contribution in [3.63, 3.8) is 0 Å². The van der Waals surface area contributed by atoms with Crippen LogP contribution in [0, 0.1) is 0 Å².